The minimum Gasteiger partial charge on any atom is -0.489 e. The molecule has 1 aromatic carbocycles. The summed E-state index contributed by atoms with van der Waals surface area (Å²) in [5, 5.41) is 10.5. The number of aryl methyl sites for hydroxylation is 1. The highest BCUT2D eigenvalue weighted by Crippen LogP contribution is 2.30. The molecule has 0 bridgehead atoms. The first kappa shape index (κ1) is 15.0. The number of nitrogens with zero attached hydrogens (tertiary/aromatic N) is 1. The first-order valence-electron chi connectivity index (χ1n) is 6.53. The summed E-state index contributed by atoms with van der Waals surface area (Å²) < 4.78 is 6.49. The summed E-state index contributed by atoms with van der Waals surface area (Å²) in [4.78, 5) is 4.13. The second kappa shape index (κ2) is 6.37. The van der Waals surface area contributed by atoms with Crippen LogP contribution in [-0.4, -0.2) is 16.2 Å². The highest BCUT2D eigenvalue weighted by atomic mass is 79.9. The van der Waals surface area contributed by atoms with E-state index in [1.165, 1.54) is 0 Å². The largest absolute Gasteiger partial charge is 0.489 e. The quantitative estimate of drug-likeness (QED) is 0.917. The Morgan fingerprint density at radius 2 is 1.95 bits per heavy atom. The van der Waals surface area contributed by atoms with Gasteiger partial charge < -0.3 is 9.84 Å². The summed E-state index contributed by atoms with van der Waals surface area (Å²) in [5.41, 5.74) is 2.68. The molecule has 0 aliphatic carbocycles. The topological polar surface area (TPSA) is 42.4 Å². The number of ether oxygens (including phenoxy) is 1. The molecule has 0 aliphatic rings. The van der Waals surface area contributed by atoms with Crippen molar-refractivity contribution in [2.45, 2.75) is 33.0 Å². The average molecular weight is 336 g/mol. The maximum Gasteiger partial charge on any atom is 0.138 e. The van der Waals surface area contributed by atoms with Gasteiger partial charge >= 0.3 is 0 Å². The third kappa shape index (κ3) is 3.58. The summed E-state index contributed by atoms with van der Waals surface area (Å²) in [6, 6.07) is 7.70. The van der Waals surface area contributed by atoms with E-state index in [0.29, 0.717) is 11.3 Å². The fraction of sp³-hybridized carbons (Fsp3) is 0.312. The summed E-state index contributed by atoms with van der Waals surface area (Å²) in [7, 11) is 0. The van der Waals surface area contributed by atoms with Gasteiger partial charge in [0.2, 0.25) is 0 Å². The Balaban J connectivity index is 2.30. The lowest BCUT2D eigenvalue weighted by atomic mass is 10.0. The Labute approximate surface area is 127 Å². The fourth-order valence-corrected chi connectivity index (χ4v) is 2.67. The van der Waals surface area contributed by atoms with Crippen molar-refractivity contribution in [2.24, 2.45) is 0 Å². The molecule has 106 valence electrons. The first-order valence-corrected chi connectivity index (χ1v) is 7.32. The minimum absolute atomic E-state index is 0.0790. The van der Waals surface area contributed by atoms with Gasteiger partial charge in [0.25, 0.3) is 0 Å². The van der Waals surface area contributed by atoms with Gasteiger partial charge in [-0.2, -0.15) is 0 Å². The zero-order valence-corrected chi connectivity index (χ0v) is 13.4. The molecule has 0 fully saturated rings. The van der Waals surface area contributed by atoms with Crippen molar-refractivity contribution in [3.63, 3.8) is 0 Å². The van der Waals surface area contributed by atoms with Crippen molar-refractivity contribution in [2.75, 3.05) is 0 Å². The summed E-state index contributed by atoms with van der Waals surface area (Å²) in [6.07, 6.45) is 2.66. The molecule has 0 amide bonds. The van der Waals surface area contributed by atoms with Crippen LogP contribution in [0.3, 0.4) is 0 Å². The summed E-state index contributed by atoms with van der Waals surface area (Å²) in [5.74, 6) is 0.666. The van der Waals surface area contributed by atoms with Gasteiger partial charge in [0.1, 0.15) is 11.9 Å². The molecule has 1 aromatic heterocycles. The van der Waals surface area contributed by atoms with Crippen molar-refractivity contribution in [1.82, 2.24) is 4.98 Å². The van der Waals surface area contributed by atoms with Crippen molar-refractivity contribution in [3.8, 4) is 5.75 Å². The van der Waals surface area contributed by atoms with Gasteiger partial charge in [0, 0.05) is 16.2 Å². The van der Waals surface area contributed by atoms with E-state index >= 15 is 0 Å². The molecule has 0 spiro atoms. The van der Waals surface area contributed by atoms with Crippen LogP contribution in [-0.2, 0) is 0 Å². The van der Waals surface area contributed by atoms with Crippen LogP contribution in [0.5, 0.6) is 5.75 Å². The van der Waals surface area contributed by atoms with Gasteiger partial charge in [-0.3, -0.25) is 4.98 Å². The van der Waals surface area contributed by atoms with Gasteiger partial charge in [0.15, 0.2) is 0 Å². The number of aromatic nitrogens is 1. The van der Waals surface area contributed by atoms with Gasteiger partial charge in [-0.1, -0.05) is 28.1 Å². The Morgan fingerprint density at radius 3 is 2.60 bits per heavy atom. The van der Waals surface area contributed by atoms with E-state index < -0.39 is 6.10 Å². The lowest BCUT2D eigenvalue weighted by Crippen LogP contribution is -2.07. The molecule has 0 radical (unpaired) electrons. The van der Waals surface area contributed by atoms with E-state index in [0.717, 1.165) is 15.6 Å². The third-order valence-electron chi connectivity index (χ3n) is 2.87. The fourth-order valence-electron chi connectivity index (χ4n) is 1.96. The minimum atomic E-state index is -0.729. The molecular formula is C16H18BrNO2. The van der Waals surface area contributed by atoms with E-state index in [2.05, 4.69) is 20.9 Å². The molecule has 0 aliphatic heterocycles. The number of halogens is 1. The van der Waals surface area contributed by atoms with Crippen LogP contribution < -0.4 is 4.74 Å². The van der Waals surface area contributed by atoms with Crippen molar-refractivity contribution >= 4 is 15.9 Å². The number of benzene rings is 1. The maximum absolute atomic E-state index is 10.5. The van der Waals surface area contributed by atoms with Crippen LogP contribution in [0.2, 0.25) is 0 Å². The van der Waals surface area contributed by atoms with E-state index in [1.54, 1.807) is 12.4 Å². The Morgan fingerprint density at radius 1 is 1.20 bits per heavy atom. The van der Waals surface area contributed by atoms with Crippen LogP contribution in [0.4, 0.5) is 0 Å². The SMILES string of the molecule is Cc1ccc(C(O)c2cncc(OC(C)C)c2)c(Br)c1. The zero-order valence-electron chi connectivity index (χ0n) is 11.8. The van der Waals surface area contributed by atoms with E-state index in [4.69, 9.17) is 4.74 Å². The van der Waals surface area contributed by atoms with E-state index in [-0.39, 0.29) is 6.10 Å². The number of hydrogen-bond donors (Lipinski definition) is 1. The maximum atomic E-state index is 10.5. The predicted molar refractivity (Wildman–Crippen MR) is 82.9 cm³/mol. The van der Waals surface area contributed by atoms with Crippen molar-refractivity contribution in [1.29, 1.82) is 0 Å². The molecular weight excluding hydrogens is 318 g/mol. The van der Waals surface area contributed by atoms with Crippen LogP contribution in [0.25, 0.3) is 0 Å². The Bertz CT molecular complexity index is 599. The molecule has 1 unspecified atom stereocenters. The molecule has 4 heteroatoms. The molecule has 2 rings (SSSR count). The first-order chi connectivity index (χ1) is 9.47. The van der Waals surface area contributed by atoms with E-state index in [9.17, 15) is 5.11 Å². The molecule has 0 saturated heterocycles. The predicted octanol–water partition coefficient (Wildman–Crippen LogP) is 4.02. The van der Waals surface area contributed by atoms with E-state index in [1.807, 2.05) is 45.0 Å². The number of aliphatic hydroxyl groups excluding tert-OH is 1. The van der Waals surface area contributed by atoms with Gasteiger partial charge in [0.05, 0.1) is 12.3 Å². The summed E-state index contributed by atoms with van der Waals surface area (Å²) >= 11 is 3.49. The van der Waals surface area contributed by atoms with Crippen LogP contribution in [0, 0.1) is 6.92 Å². The zero-order chi connectivity index (χ0) is 14.7. The average Bonchev–Trinajstić information content (AvgIpc) is 2.37. The molecule has 1 N–H and O–H groups in total. The monoisotopic (exact) mass is 335 g/mol. The number of aliphatic hydroxyl groups is 1. The molecule has 1 heterocycles. The van der Waals surface area contributed by atoms with Gasteiger partial charge in [-0.15, -0.1) is 0 Å². The molecule has 0 saturated carbocycles. The molecule has 2 aromatic rings. The smallest absolute Gasteiger partial charge is 0.138 e. The third-order valence-corrected chi connectivity index (χ3v) is 3.56. The van der Waals surface area contributed by atoms with Gasteiger partial charge in [-0.05, 0) is 44.0 Å². The molecule has 20 heavy (non-hydrogen) atoms. The highest BCUT2D eigenvalue weighted by molar-refractivity contribution is 9.10. The summed E-state index contributed by atoms with van der Waals surface area (Å²) in [6.45, 7) is 5.93. The van der Waals surface area contributed by atoms with Crippen molar-refractivity contribution < 1.29 is 9.84 Å². The normalized spacial score (nSPS) is 12.5. The standard InChI is InChI=1S/C16H18BrNO2/c1-10(2)20-13-7-12(8-18-9-13)16(19)14-5-4-11(3)6-15(14)17/h4-10,16,19H,1-3H3. The van der Waals surface area contributed by atoms with Crippen LogP contribution in [0.1, 0.15) is 36.6 Å². The highest BCUT2D eigenvalue weighted by Gasteiger charge is 2.15. The molecule has 1 atom stereocenters. The van der Waals surface area contributed by atoms with Gasteiger partial charge in [-0.25, -0.2) is 0 Å². The Hall–Kier alpha value is -1.39. The second-order valence-electron chi connectivity index (χ2n) is 5.05. The van der Waals surface area contributed by atoms with Crippen LogP contribution in [0.15, 0.2) is 41.1 Å². The van der Waals surface area contributed by atoms with Crippen LogP contribution >= 0.6 is 15.9 Å². The second-order valence-corrected chi connectivity index (χ2v) is 5.90. The number of rotatable bonds is 4. The number of pyridine rings is 1. The molecule has 3 nitrogen and oxygen atoms in total. The lowest BCUT2D eigenvalue weighted by Gasteiger charge is -2.15. The Kier molecular flexibility index (Phi) is 4.78. The van der Waals surface area contributed by atoms with Crippen molar-refractivity contribution in [3.05, 3.63) is 57.8 Å². The lowest BCUT2D eigenvalue weighted by molar-refractivity contribution is 0.215. The number of hydrogen-bond acceptors (Lipinski definition) is 3.